The van der Waals surface area contributed by atoms with E-state index in [2.05, 4.69) is 11.8 Å². The van der Waals surface area contributed by atoms with Gasteiger partial charge in [-0.2, -0.15) is 0 Å². The summed E-state index contributed by atoms with van der Waals surface area (Å²) in [4.78, 5) is 15.4. The third-order valence-corrected chi connectivity index (χ3v) is 3.66. The molecule has 18 heavy (non-hydrogen) atoms. The Kier molecular flexibility index (Phi) is 3.97. The summed E-state index contributed by atoms with van der Waals surface area (Å²) < 4.78 is 12.9. The maximum atomic E-state index is 12.9. The monoisotopic (exact) mass is 250 g/mol. The zero-order valence-electron chi connectivity index (χ0n) is 10.9. The highest BCUT2D eigenvalue weighted by molar-refractivity contribution is 5.73. The SMILES string of the molecule is CC(=O)N1CCN(C(C)c2ccc(F)cc2)CC1. The highest BCUT2D eigenvalue weighted by Crippen LogP contribution is 2.21. The van der Waals surface area contributed by atoms with Crippen molar-refractivity contribution in [3.63, 3.8) is 0 Å². The Labute approximate surface area is 107 Å². The van der Waals surface area contributed by atoms with Crippen molar-refractivity contribution in [3.05, 3.63) is 35.6 Å². The Hall–Kier alpha value is -1.42. The Morgan fingerprint density at radius 1 is 1.17 bits per heavy atom. The van der Waals surface area contributed by atoms with Crippen LogP contribution >= 0.6 is 0 Å². The molecule has 1 heterocycles. The van der Waals surface area contributed by atoms with Gasteiger partial charge in [-0.25, -0.2) is 4.39 Å². The zero-order chi connectivity index (χ0) is 13.1. The molecule has 0 spiro atoms. The van der Waals surface area contributed by atoms with E-state index in [1.807, 2.05) is 17.0 Å². The van der Waals surface area contributed by atoms with Crippen LogP contribution in [0.4, 0.5) is 4.39 Å². The molecule has 1 saturated heterocycles. The van der Waals surface area contributed by atoms with Crippen LogP contribution in [0.1, 0.15) is 25.5 Å². The first-order valence-corrected chi connectivity index (χ1v) is 6.33. The van der Waals surface area contributed by atoms with E-state index in [9.17, 15) is 9.18 Å². The van der Waals surface area contributed by atoms with E-state index < -0.39 is 0 Å². The molecular formula is C14H19FN2O. The van der Waals surface area contributed by atoms with Gasteiger partial charge in [-0.05, 0) is 24.6 Å². The van der Waals surface area contributed by atoms with Crippen LogP contribution in [0.3, 0.4) is 0 Å². The predicted octanol–water partition coefficient (Wildman–Crippen LogP) is 2.05. The average Bonchev–Trinajstić information content (AvgIpc) is 2.39. The number of piperazine rings is 1. The Morgan fingerprint density at radius 2 is 1.72 bits per heavy atom. The minimum atomic E-state index is -0.202. The van der Waals surface area contributed by atoms with Crippen molar-refractivity contribution in [3.8, 4) is 0 Å². The number of carbonyl (C=O) groups excluding carboxylic acids is 1. The van der Waals surface area contributed by atoms with Gasteiger partial charge in [0.2, 0.25) is 5.91 Å². The van der Waals surface area contributed by atoms with Crippen molar-refractivity contribution in [2.24, 2.45) is 0 Å². The quantitative estimate of drug-likeness (QED) is 0.802. The molecule has 1 aromatic rings. The van der Waals surface area contributed by atoms with E-state index in [1.165, 1.54) is 12.1 Å². The summed E-state index contributed by atoms with van der Waals surface area (Å²) in [6.07, 6.45) is 0. The number of rotatable bonds is 2. The smallest absolute Gasteiger partial charge is 0.219 e. The van der Waals surface area contributed by atoms with Crippen molar-refractivity contribution in [2.45, 2.75) is 19.9 Å². The molecule has 2 rings (SSSR count). The highest BCUT2D eigenvalue weighted by atomic mass is 19.1. The lowest BCUT2D eigenvalue weighted by molar-refractivity contribution is -0.130. The number of carbonyl (C=O) groups is 1. The maximum absolute atomic E-state index is 12.9. The van der Waals surface area contributed by atoms with Crippen molar-refractivity contribution in [2.75, 3.05) is 26.2 Å². The van der Waals surface area contributed by atoms with Crippen molar-refractivity contribution >= 4 is 5.91 Å². The third kappa shape index (κ3) is 2.88. The first kappa shape index (κ1) is 13.0. The number of halogens is 1. The second-order valence-electron chi connectivity index (χ2n) is 4.77. The summed E-state index contributed by atoms with van der Waals surface area (Å²) in [5, 5.41) is 0. The molecule has 1 aliphatic heterocycles. The average molecular weight is 250 g/mol. The number of benzene rings is 1. The van der Waals surface area contributed by atoms with Gasteiger partial charge in [0.15, 0.2) is 0 Å². The van der Waals surface area contributed by atoms with E-state index in [1.54, 1.807) is 6.92 Å². The fourth-order valence-electron chi connectivity index (χ4n) is 2.38. The number of hydrogen-bond donors (Lipinski definition) is 0. The molecule has 0 saturated carbocycles. The summed E-state index contributed by atoms with van der Waals surface area (Å²) in [6, 6.07) is 6.92. The molecular weight excluding hydrogens is 231 g/mol. The maximum Gasteiger partial charge on any atom is 0.219 e. The molecule has 0 N–H and O–H groups in total. The van der Waals surface area contributed by atoms with Gasteiger partial charge >= 0.3 is 0 Å². The standard InChI is InChI=1S/C14H19FN2O/c1-11(13-3-5-14(15)6-4-13)16-7-9-17(10-8-16)12(2)18/h3-6,11H,7-10H2,1-2H3. The van der Waals surface area contributed by atoms with Crippen molar-refractivity contribution in [1.82, 2.24) is 9.80 Å². The zero-order valence-corrected chi connectivity index (χ0v) is 10.9. The summed E-state index contributed by atoms with van der Waals surface area (Å²) in [6.45, 7) is 7.04. The first-order chi connectivity index (χ1) is 8.58. The van der Waals surface area contributed by atoms with Gasteiger partial charge in [0, 0.05) is 39.1 Å². The summed E-state index contributed by atoms with van der Waals surface area (Å²) in [5.74, 6) is -0.0589. The Bertz CT molecular complexity index is 410. The van der Waals surface area contributed by atoms with E-state index in [0.717, 1.165) is 31.7 Å². The van der Waals surface area contributed by atoms with E-state index in [0.29, 0.717) is 0 Å². The van der Waals surface area contributed by atoms with Crippen LogP contribution in [-0.4, -0.2) is 41.9 Å². The van der Waals surface area contributed by atoms with Crippen LogP contribution in [0.25, 0.3) is 0 Å². The lowest BCUT2D eigenvalue weighted by Gasteiger charge is -2.37. The fraction of sp³-hybridized carbons (Fsp3) is 0.500. The molecule has 1 aromatic carbocycles. The molecule has 1 unspecified atom stereocenters. The molecule has 0 aromatic heterocycles. The second-order valence-corrected chi connectivity index (χ2v) is 4.77. The minimum Gasteiger partial charge on any atom is -0.340 e. The minimum absolute atomic E-state index is 0.143. The lowest BCUT2D eigenvalue weighted by Crippen LogP contribution is -2.48. The van der Waals surface area contributed by atoms with Crippen LogP contribution in [0, 0.1) is 5.82 Å². The molecule has 0 aliphatic carbocycles. The van der Waals surface area contributed by atoms with Crippen LogP contribution in [0.2, 0.25) is 0 Å². The summed E-state index contributed by atoms with van der Waals surface area (Å²) in [7, 11) is 0. The number of hydrogen-bond acceptors (Lipinski definition) is 2. The lowest BCUT2D eigenvalue weighted by atomic mass is 10.1. The fourth-order valence-corrected chi connectivity index (χ4v) is 2.38. The van der Waals surface area contributed by atoms with Gasteiger partial charge in [0.05, 0.1) is 0 Å². The molecule has 1 amide bonds. The molecule has 1 atom stereocenters. The predicted molar refractivity (Wildman–Crippen MR) is 68.6 cm³/mol. The van der Waals surface area contributed by atoms with Crippen LogP contribution in [0.15, 0.2) is 24.3 Å². The number of amides is 1. The third-order valence-electron chi connectivity index (χ3n) is 3.66. The summed E-state index contributed by atoms with van der Waals surface area (Å²) >= 11 is 0. The molecule has 1 fully saturated rings. The molecule has 0 bridgehead atoms. The van der Waals surface area contributed by atoms with Gasteiger partial charge in [-0.1, -0.05) is 12.1 Å². The van der Waals surface area contributed by atoms with Gasteiger partial charge in [0.25, 0.3) is 0 Å². The Balaban J connectivity index is 1.97. The van der Waals surface area contributed by atoms with Gasteiger partial charge in [-0.3, -0.25) is 9.69 Å². The largest absolute Gasteiger partial charge is 0.340 e. The topological polar surface area (TPSA) is 23.6 Å². The molecule has 4 heteroatoms. The van der Waals surface area contributed by atoms with Crippen molar-refractivity contribution < 1.29 is 9.18 Å². The van der Waals surface area contributed by atoms with Crippen LogP contribution in [0.5, 0.6) is 0 Å². The molecule has 98 valence electrons. The molecule has 1 aliphatic rings. The highest BCUT2D eigenvalue weighted by Gasteiger charge is 2.22. The van der Waals surface area contributed by atoms with Gasteiger partial charge in [-0.15, -0.1) is 0 Å². The second kappa shape index (κ2) is 5.48. The Morgan fingerprint density at radius 3 is 2.22 bits per heavy atom. The van der Waals surface area contributed by atoms with E-state index in [4.69, 9.17) is 0 Å². The van der Waals surface area contributed by atoms with Crippen LogP contribution in [-0.2, 0) is 4.79 Å². The van der Waals surface area contributed by atoms with Crippen LogP contribution < -0.4 is 0 Å². The van der Waals surface area contributed by atoms with E-state index >= 15 is 0 Å². The van der Waals surface area contributed by atoms with Gasteiger partial charge < -0.3 is 4.90 Å². The number of nitrogens with zero attached hydrogens (tertiary/aromatic N) is 2. The summed E-state index contributed by atoms with van der Waals surface area (Å²) in [5.41, 5.74) is 1.12. The molecule has 0 radical (unpaired) electrons. The van der Waals surface area contributed by atoms with Crippen molar-refractivity contribution in [1.29, 1.82) is 0 Å². The van der Waals surface area contributed by atoms with E-state index in [-0.39, 0.29) is 17.8 Å². The first-order valence-electron chi connectivity index (χ1n) is 6.33. The molecule has 3 nitrogen and oxygen atoms in total. The van der Waals surface area contributed by atoms with Gasteiger partial charge in [0.1, 0.15) is 5.82 Å². The normalized spacial score (nSPS) is 18.7.